The number of nitrogens with zero attached hydrogens (tertiary/aromatic N) is 1. The molecule has 4 nitrogen and oxygen atoms in total. The molecule has 118 valence electrons. The monoisotopic (exact) mass is 319 g/mol. The van der Waals surface area contributed by atoms with Gasteiger partial charge in [0.2, 0.25) is 0 Å². The highest BCUT2D eigenvalue weighted by Crippen LogP contribution is 2.24. The number of ether oxygens (including phenoxy) is 2. The van der Waals surface area contributed by atoms with E-state index in [4.69, 9.17) is 9.47 Å². The van der Waals surface area contributed by atoms with Crippen molar-refractivity contribution in [1.29, 1.82) is 0 Å². The Bertz CT molecular complexity index is 550. The van der Waals surface area contributed by atoms with E-state index in [0.717, 1.165) is 32.1 Å². The van der Waals surface area contributed by atoms with E-state index >= 15 is 0 Å². The third kappa shape index (κ3) is 4.30. The first-order valence-electron chi connectivity index (χ1n) is 7.55. The molecule has 3 rings (SSSR count). The van der Waals surface area contributed by atoms with Crippen molar-refractivity contribution in [3.05, 3.63) is 41.1 Å². The van der Waals surface area contributed by atoms with E-state index in [-0.39, 0.29) is 0 Å². The third-order valence-corrected chi connectivity index (χ3v) is 4.41. The second-order valence-corrected chi connectivity index (χ2v) is 6.19. The summed E-state index contributed by atoms with van der Waals surface area (Å²) >= 11 is 1.69. The molecule has 2 heterocycles. The van der Waals surface area contributed by atoms with Crippen molar-refractivity contribution in [3.63, 3.8) is 0 Å². The molecule has 0 amide bonds. The number of hydrogen-bond acceptors (Lipinski definition) is 5. The first-order chi connectivity index (χ1) is 10.8. The summed E-state index contributed by atoms with van der Waals surface area (Å²) in [4.78, 5) is 2.21. The average molecular weight is 319 g/mol. The zero-order valence-electron chi connectivity index (χ0n) is 12.5. The number of hydrogen-bond donors (Lipinski definition) is 1. The van der Waals surface area contributed by atoms with Crippen molar-refractivity contribution in [1.82, 2.24) is 4.90 Å². The average Bonchev–Trinajstić information content (AvgIpc) is 3.09. The van der Waals surface area contributed by atoms with E-state index in [1.165, 1.54) is 11.1 Å². The molecule has 22 heavy (non-hydrogen) atoms. The van der Waals surface area contributed by atoms with Crippen LogP contribution >= 0.6 is 11.3 Å². The number of rotatable bonds is 6. The van der Waals surface area contributed by atoms with Crippen molar-refractivity contribution in [3.8, 4) is 16.9 Å². The lowest BCUT2D eigenvalue weighted by molar-refractivity contribution is 0.00466. The Morgan fingerprint density at radius 2 is 1.91 bits per heavy atom. The SMILES string of the molecule is OC(COc1ccc(-c2ccsc2)cc1)CN1CCOCC1. The van der Waals surface area contributed by atoms with Crippen molar-refractivity contribution in [2.45, 2.75) is 6.10 Å². The molecule has 1 aromatic heterocycles. The zero-order valence-corrected chi connectivity index (χ0v) is 13.3. The molecule has 5 heteroatoms. The van der Waals surface area contributed by atoms with Gasteiger partial charge >= 0.3 is 0 Å². The molecule has 1 unspecified atom stereocenters. The summed E-state index contributed by atoms with van der Waals surface area (Å²) < 4.78 is 11.0. The Labute approximate surface area is 134 Å². The van der Waals surface area contributed by atoms with E-state index in [2.05, 4.69) is 21.7 Å². The molecular formula is C17H21NO3S. The number of aliphatic hydroxyl groups excluding tert-OH is 1. The number of aliphatic hydroxyl groups is 1. The molecule has 0 aliphatic carbocycles. The highest BCUT2D eigenvalue weighted by molar-refractivity contribution is 7.08. The Morgan fingerprint density at radius 1 is 1.14 bits per heavy atom. The first-order valence-corrected chi connectivity index (χ1v) is 8.49. The van der Waals surface area contributed by atoms with Gasteiger partial charge in [0.1, 0.15) is 18.5 Å². The van der Waals surface area contributed by atoms with E-state index in [9.17, 15) is 5.11 Å². The van der Waals surface area contributed by atoms with Crippen molar-refractivity contribution >= 4 is 11.3 Å². The fourth-order valence-corrected chi connectivity index (χ4v) is 3.16. The lowest BCUT2D eigenvalue weighted by Gasteiger charge is -2.28. The number of benzene rings is 1. The molecule has 0 spiro atoms. The van der Waals surface area contributed by atoms with Crippen LogP contribution in [0.5, 0.6) is 5.75 Å². The van der Waals surface area contributed by atoms with E-state index in [0.29, 0.717) is 13.2 Å². The van der Waals surface area contributed by atoms with Crippen LogP contribution in [0.4, 0.5) is 0 Å². The molecule has 0 radical (unpaired) electrons. The predicted molar refractivity (Wildman–Crippen MR) is 88.5 cm³/mol. The summed E-state index contributed by atoms with van der Waals surface area (Å²) in [6, 6.07) is 10.1. The van der Waals surface area contributed by atoms with E-state index in [1.807, 2.05) is 24.3 Å². The normalized spacial score (nSPS) is 17.3. The Kier molecular flexibility index (Phi) is 5.45. The zero-order chi connectivity index (χ0) is 15.2. The topological polar surface area (TPSA) is 41.9 Å². The van der Waals surface area contributed by atoms with Gasteiger partial charge in [0.25, 0.3) is 0 Å². The van der Waals surface area contributed by atoms with E-state index < -0.39 is 6.10 Å². The standard InChI is InChI=1S/C17H21NO3S/c19-16(11-18-6-8-20-9-7-18)12-21-17-3-1-14(2-4-17)15-5-10-22-13-15/h1-5,10,13,16,19H,6-9,11-12H2. The third-order valence-electron chi connectivity index (χ3n) is 3.72. The van der Waals surface area contributed by atoms with E-state index in [1.54, 1.807) is 11.3 Å². The molecule has 1 fully saturated rings. The van der Waals surface area contributed by atoms with Crippen LogP contribution in [0, 0.1) is 0 Å². The second-order valence-electron chi connectivity index (χ2n) is 5.41. The number of thiophene rings is 1. The number of morpholine rings is 1. The van der Waals surface area contributed by atoms with Gasteiger partial charge in [-0.25, -0.2) is 0 Å². The van der Waals surface area contributed by atoms with Gasteiger partial charge in [-0.1, -0.05) is 12.1 Å². The molecule has 1 aliphatic heterocycles. The van der Waals surface area contributed by atoms with Crippen LogP contribution in [-0.4, -0.2) is 55.6 Å². The van der Waals surface area contributed by atoms with Crippen LogP contribution in [0.25, 0.3) is 11.1 Å². The highest BCUT2D eigenvalue weighted by atomic mass is 32.1. The van der Waals surface area contributed by atoms with Crippen molar-refractivity contribution in [2.24, 2.45) is 0 Å². The summed E-state index contributed by atoms with van der Waals surface area (Å²) in [5, 5.41) is 14.3. The maximum absolute atomic E-state index is 10.1. The van der Waals surface area contributed by atoms with Crippen LogP contribution in [-0.2, 0) is 4.74 Å². The van der Waals surface area contributed by atoms with Gasteiger partial charge in [0, 0.05) is 19.6 Å². The van der Waals surface area contributed by atoms with Crippen LogP contribution in [0.15, 0.2) is 41.1 Å². The largest absolute Gasteiger partial charge is 0.491 e. The Balaban J connectivity index is 1.46. The summed E-state index contributed by atoms with van der Waals surface area (Å²) in [5.41, 5.74) is 2.41. The minimum Gasteiger partial charge on any atom is -0.491 e. The molecule has 1 aromatic carbocycles. The van der Waals surface area contributed by atoms with Gasteiger partial charge in [-0.2, -0.15) is 11.3 Å². The second kappa shape index (κ2) is 7.74. The van der Waals surface area contributed by atoms with Gasteiger partial charge in [0.05, 0.1) is 13.2 Å². The van der Waals surface area contributed by atoms with Crippen molar-refractivity contribution < 1.29 is 14.6 Å². The molecule has 0 saturated carbocycles. The predicted octanol–water partition coefficient (Wildman–Crippen LogP) is 2.49. The molecule has 0 bridgehead atoms. The molecule has 1 atom stereocenters. The summed E-state index contributed by atoms with van der Waals surface area (Å²) in [6.45, 7) is 4.21. The van der Waals surface area contributed by atoms with Crippen LogP contribution in [0.1, 0.15) is 0 Å². The molecule has 1 aliphatic rings. The molecular weight excluding hydrogens is 298 g/mol. The Hall–Kier alpha value is -1.40. The molecule has 1 N–H and O–H groups in total. The van der Waals surface area contributed by atoms with Crippen LogP contribution < -0.4 is 4.74 Å². The maximum Gasteiger partial charge on any atom is 0.119 e. The lowest BCUT2D eigenvalue weighted by Crippen LogP contribution is -2.42. The van der Waals surface area contributed by atoms with Crippen molar-refractivity contribution in [2.75, 3.05) is 39.5 Å². The van der Waals surface area contributed by atoms with Crippen LogP contribution in [0.3, 0.4) is 0 Å². The number of β-amino-alcohol motifs (C(OH)–C–C–N with tert-alkyl or cyclic N) is 1. The summed E-state index contributed by atoms with van der Waals surface area (Å²) in [6.07, 6.45) is -0.477. The maximum atomic E-state index is 10.1. The quantitative estimate of drug-likeness (QED) is 0.888. The molecule has 2 aromatic rings. The van der Waals surface area contributed by atoms with Gasteiger partial charge in [-0.15, -0.1) is 0 Å². The molecule has 1 saturated heterocycles. The highest BCUT2D eigenvalue weighted by Gasteiger charge is 2.15. The first kappa shape index (κ1) is 15.5. The van der Waals surface area contributed by atoms with Crippen LogP contribution in [0.2, 0.25) is 0 Å². The summed E-state index contributed by atoms with van der Waals surface area (Å²) in [7, 11) is 0. The fourth-order valence-electron chi connectivity index (χ4n) is 2.50. The van der Waals surface area contributed by atoms with Gasteiger partial charge in [0.15, 0.2) is 0 Å². The smallest absolute Gasteiger partial charge is 0.119 e. The lowest BCUT2D eigenvalue weighted by atomic mass is 10.1. The van der Waals surface area contributed by atoms with Gasteiger partial charge in [-0.05, 0) is 40.1 Å². The fraction of sp³-hybridized carbons (Fsp3) is 0.412. The Morgan fingerprint density at radius 3 is 2.59 bits per heavy atom. The minimum atomic E-state index is -0.477. The minimum absolute atomic E-state index is 0.315. The van der Waals surface area contributed by atoms with Gasteiger partial charge in [-0.3, -0.25) is 4.90 Å². The summed E-state index contributed by atoms with van der Waals surface area (Å²) in [5.74, 6) is 0.792. The van der Waals surface area contributed by atoms with Gasteiger partial charge < -0.3 is 14.6 Å².